The largest absolute Gasteiger partial charge is 0.481 e. The van der Waals surface area contributed by atoms with Gasteiger partial charge in [-0.3, -0.25) is 9.59 Å². The van der Waals surface area contributed by atoms with E-state index < -0.39 is 5.97 Å². The lowest BCUT2D eigenvalue weighted by Gasteiger charge is -2.26. The Labute approximate surface area is 127 Å². The lowest BCUT2D eigenvalue weighted by atomic mass is 9.84. The summed E-state index contributed by atoms with van der Waals surface area (Å²) in [6, 6.07) is 0. The number of rotatable bonds is 10. The summed E-state index contributed by atoms with van der Waals surface area (Å²) in [5, 5.41) is 21.2. The second kappa shape index (κ2) is 10.6. The second-order valence-corrected chi connectivity index (χ2v) is 6.08. The second-order valence-electron chi connectivity index (χ2n) is 6.08. The van der Waals surface area contributed by atoms with Gasteiger partial charge in [-0.15, -0.1) is 0 Å². The molecule has 0 aliphatic heterocycles. The number of nitrogens with one attached hydrogen (secondary N) is 1. The summed E-state index contributed by atoms with van der Waals surface area (Å²) >= 11 is 0. The van der Waals surface area contributed by atoms with Crippen LogP contribution in [0.2, 0.25) is 0 Å². The molecule has 21 heavy (non-hydrogen) atoms. The lowest BCUT2D eigenvalue weighted by Crippen LogP contribution is -2.32. The number of amides is 1. The van der Waals surface area contributed by atoms with E-state index in [1.807, 2.05) is 0 Å². The molecular weight excluding hydrogens is 270 g/mol. The zero-order chi connectivity index (χ0) is 15.5. The number of carbonyl (C=O) groups is 2. The van der Waals surface area contributed by atoms with E-state index in [9.17, 15) is 14.7 Å². The highest BCUT2D eigenvalue weighted by Crippen LogP contribution is 2.26. The minimum atomic E-state index is -0.729. The summed E-state index contributed by atoms with van der Waals surface area (Å²) < 4.78 is 0. The van der Waals surface area contributed by atoms with Gasteiger partial charge in [-0.2, -0.15) is 0 Å². The predicted octanol–water partition coefficient (Wildman–Crippen LogP) is 2.47. The first-order chi connectivity index (χ1) is 10.1. The zero-order valence-electron chi connectivity index (χ0n) is 12.9. The molecule has 0 radical (unpaired) electrons. The van der Waals surface area contributed by atoms with Gasteiger partial charge >= 0.3 is 5.97 Å². The smallest absolute Gasteiger partial charge is 0.303 e. The van der Waals surface area contributed by atoms with E-state index in [0.29, 0.717) is 13.0 Å². The Balaban J connectivity index is 1.94. The van der Waals surface area contributed by atoms with Crippen molar-refractivity contribution in [1.82, 2.24) is 5.32 Å². The van der Waals surface area contributed by atoms with Crippen LogP contribution in [0.1, 0.15) is 70.6 Å². The maximum absolute atomic E-state index is 11.8. The Morgan fingerprint density at radius 2 is 1.67 bits per heavy atom. The molecule has 0 bridgehead atoms. The van der Waals surface area contributed by atoms with Gasteiger partial charge in [-0.1, -0.05) is 32.1 Å². The van der Waals surface area contributed by atoms with Crippen LogP contribution in [-0.4, -0.2) is 34.7 Å². The number of aliphatic hydroxyl groups excluding tert-OH is 1. The van der Waals surface area contributed by atoms with E-state index in [-0.39, 0.29) is 24.3 Å². The summed E-state index contributed by atoms with van der Waals surface area (Å²) in [4.78, 5) is 22.1. The molecule has 5 nitrogen and oxygen atoms in total. The summed E-state index contributed by atoms with van der Waals surface area (Å²) in [5.74, 6) is -0.547. The lowest BCUT2D eigenvalue weighted by molar-refractivity contribution is -0.137. The minimum Gasteiger partial charge on any atom is -0.481 e. The minimum absolute atomic E-state index is 0.0480. The van der Waals surface area contributed by atoms with Gasteiger partial charge in [0, 0.05) is 19.4 Å². The van der Waals surface area contributed by atoms with Crippen LogP contribution in [0, 0.1) is 5.92 Å². The molecule has 122 valence electrons. The van der Waals surface area contributed by atoms with Gasteiger partial charge < -0.3 is 15.5 Å². The molecule has 0 aromatic carbocycles. The third-order valence-corrected chi connectivity index (χ3v) is 4.21. The number of hydrogen-bond donors (Lipinski definition) is 3. The fraction of sp³-hybridized carbons (Fsp3) is 0.875. The third-order valence-electron chi connectivity index (χ3n) is 4.21. The molecule has 1 amide bonds. The van der Waals surface area contributed by atoms with E-state index in [2.05, 4.69) is 5.32 Å². The quantitative estimate of drug-likeness (QED) is 0.541. The Hall–Kier alpha value is -1.10. The molecule has 1 fully saturated rings. The van der Waals surface area contributed by atoms with Crippen molar-refractivity contribution in [1.29, 1.82) is 0 Å². The number of carboxylic acids is 1. The molecule has 0 saturated heterocycles. The van der Waals surface area contributed by atoms with Gasteiger partial charge in [-0.05, 0) is 31.6 Å². The van der Waals surface area contributed by atoms with Gasteiger partial charge in [0.2, 0.25) is 5.91 Å². The SMILES string of the molecule is O=C(O)CCCCCCCNC(=O)CC1CCCCC1O. The van der Waals surface area contributed by atoms with Crippen LogP contribution in [0.15, 0.2) is 0 Å². The van der Waals surface area contributed by atoms with Crippen molar-refractivity contribution in [2.45, 2.75) is 76.7 Å². The molecule has 2 atom stereocenters. The first-order valence-electron chi connectivity index (χ1n) is 8.26. The van der Waals surface area contributed by atoms with Crippen LogP contribution in [0.3, 0.4) is 0 Å². The molecule has 1 aliphatic rings. The van der Waals surface area contributed by atoms with Crippen LogP contribution >= 0.6 is 0 Å². The molecule has 3 N–H and O–H groups in total. The number of carbonyl (C=O) groups excluding carboxylic acids is 1. The van der Waals surface area contributed by atoms with Crippen LogP contribution < -0.4 is 5.32 Å². The number of hydrogen-bond acceptors (Lipinski definition) is 3. The van der Waals surface area contributed by atoms with Crippen molar-refractivity contribution < 1.29 is 19.8 Å². The summed E-state index contributed by atoms with van der Waals surface area (Å²) in [6.07, 6.45) is 9.01. The molecule has 0 aromatic rings. The fourth-order valence-corrected chi connectivity index (χ4v) is 2.90. The Kier molecular flexibility index (Phi) is 9.06. The number of aliphatic hydroxyl groups is 1. The normalized spacial score (nSPS) is 22.0. The molecule has 0 heterocycles. The standard InChI is InChI=1S/C16H29NO4/c18-14-9-6-5-8-13(14)12-15(19)17-11-7-3-1-2-4-10-16(20)21/h13-14,18H,1-12H2,(H,17,19)(H,20,21). The van der Waals surface area contributed by atoms with Crippen LogP contribution in [0.5, 0.6) is 0 Å². The van der Waals surface area contributed by atoms with Crippen molar-refractivity contribution in [3.63, 3.8) is 0 Å². The zero-order valence-corrected chi connectivity index (χ0v) is 12.9. The average molecular weight is 299 g/mol. The van der Waals surface area contributed by atoms with Crippen LogP contribution in [-0.2, 0) is 9.59 Å². The van der Waals surface area contributed by atoms with Crippen LogP contribution in [0.4, 0.5) is 0 Å². The fourth-order valence-electron chi connectivity index (χ4n) is 2.90. The van der Waals surface area contributed by atoms with E-state index in [0.717, 1.165) is 57.8 Å². The maximum Gasteiger partial charge on any atom is 0.303 e. The highest BCUT2D eigenvalue weighted by atomic mass is 16.4. The highest BCUT2D eigenvalue weighted by molar-refractivity contribution is 5.76. The molecule has 1 saturated carbocycles. The van der Waals surface area contributed by atoms with Crippen molar-refractivity contribution in [2.75, 3.05) is 6.54 Å². The molecule has 1 rings (SSSR count). The molecule has 0 aromatic heterocycles. The monoisotopic (exact) mass is 299 g/mol. The Morgan fingerprint density at radius 1 is 1.00 bits per heavy atom. The number of aliphatic carboxylic acids is 1. The van der Waals surface area contributed by atoms with Crippen molar-refractivity contribution >= 4 is 11.9 Å². The molecule has 0 spiro atoms. The maximum atomic E-state index is 11.8. The summed E-state index contributed by atoms with van der Waals surface area (Å²) in [6.45, 7) is 0.681. The van der Waals surface area contributed by atoms with Crippen LogP contribution in [0.25, 0.3) is 0 Å². The van der Waals surface area contributed by atoms with E-state index in [1.54, 1.807) is 0 Å². The molecule has 5 heteroatoms. The van der Waals surface area contributed by atoms with Gasteiger partial charge in [-0.25, -0.2) is 0 Å². The van der Waals surface area contributed by atoms with Gasteiger partial charge in [0.15, 0.2) is 0 Å². The summed E-state index contributed by atoms with van der Waals surface area (Å²) in [7, 11) is 0. The van der Waals surface area contributed by atoms with Crippen molar-refractivity contribution in [2.24, 2.45) is 5.92 Å². The average Bonchev–Trinajstić information content (AvgIpc) is 2.44. The highest BCUT2D eigenvalue weighted by Gasteiger charge is 2.24. The van der Waals surface area contributed by atoms with Crippen molar-refractivity contribution in [3.8, 4) is 0 Å². The van der Waals surface area contributed by atoms with E-state index >= 15 is 0 Å². The molecule has 2 unspecified atom stereocenters. The predicted molar refractivity (Wildman–Crippen MR) is 80.9 cm³/mol. The first-order valence-corrected chi connectivity index (χ1v) is 8.26. The number of unbranched alkanes of at least 4 members (excludes halogenated alkanes) is 4. The van der Waals surface area contributed by atoms with E-state index in [1.165, 1.54) is 0 Å². The van der Waals surface area contributed by atoms with E-state index in [4.69, 9.17) is 5.11 Å². The molecule has 1 aliphatic carbocycles. The first kappa shape index (κ1) is 18.0. The van der Waals surface area contributed by atoms with Gasteiger partial charge in [0.1, 0.15) is 0 Å². The van der Waals surface area contributed by atoms with Gasteiger partial charge in [0.05, 0.1) is 6.10 Å². The van der Waals surface area contributed by atoms with Crippen molar-refractivity contribution in [3.05, 3.63) is 0 Å². The molecular formula is C16H29NO4. The number of carboxylic acid groups (broad SMARTS) is 1. The third kappa shape index (κ3) is 8.71. The van der Waals surface area contributed by atoms with Gasteiger partial charge in [0.25, 0.3) is 0 Å². The summed E-state index contributed by atoms with van der Waals surface area (Å²) in [5.41, 5.74) is 0. The topological polar surface area (TPSA) is 86.6 Å². The Bertz CT molecular complexity index is 319. The Morgan fingerprint density at radius 3 is 2.38 bits per heavy atom.